The summed E-state index contributed by atoms with van der Waals surface area (Å²) in [5.74, 6) is 0.964. The maximum Gasteiger partial charge on any atom is 0.358 e. The number of methoxy groups -OCH3 is 1. The molecule has 0 unspecified atom stereocenters. The lowest BCUT2D eigenvalue weighted by atomic mass is 9.83. The Balaban J connectivity index is 1.53. The minimum absolute atomic E-state index is 0.206. The molecule has 2 aromatic rings. The van der Waals surface area contributed by atoms with E-state index < -0.39 is 5.97 Å². The number of carbonyl (C=O) groups excluding carboxylic acids is 1. The summed E-state index contributed by atoms with van der Waals surface area (Å²) in [6.45, 7) is 2.23. The largest absolute Gasteiger partial charge is 0.464 e. The third-order valence-corrected chi connectivity index (χ3v) is 5.36. The fourth-order valence-corrected chi connectivity index (χ4v) is 3.79. The molecule has 0 saturated carbocycles. The van der Waals surface area contributed by atoms with Crippen LogP contribution in [0.4, 0.5) is 11.8 Å². The zero-order chi connectivity index (χ0) is 19.7. The molecule has 28 heavy (non-hydrogen) atoms. The average Bonchev–Trinajstić information content (AvgIpc) is 2.74. The van der Waals surface area contributed by atoms with Crippen molar-refractivity contribution in [2.75, 3.05) is 50.7 Å². The van der Waals surface area contributed by atoms with Crippen LogP contribution in [0.2, 0.25) is 0 Å². The molecule has 0 aliphatic carbocycles. The van der Waals surface area contributed by atoms with Crippen LogP contribution in [-0.4, -0.2) is 66.8 Å². The van der Waals surface area contributed by atoms with Crippen LogP contribution >= 0.6 is 0 Å². The van der Waals surface area contributed by atoms with Gasteiger partial charge >= 0.3 is 5.97 Å². The Kier molecular flexibility index (Phi) is 4.84. The van der Waals surface area contributed by atoms with E-state index in [4.69, 9.17) is 9.72 Å². The number of anilines is 2. The number of hydrogen-bond donors (Lipinski definition) is 0. The molecule has 4 heterocycles. The van der Waals surface area contributed by atoms with E-state index in [1.165, 1.54) is 18.9 Å². The molecule has 9 heteroatoms. The monoisotopic (exact) mass is 384 g/mol. The highest BCUT2D eigenvalue weighted by molar-refractivity contribution is 5.86. The van der Waals surface area contributed by atoms with Gasteiger partial charge < -0.3 is 19.3 Å². The Hall–Kier alpha value is -2.81. The maximum atomic E-state index is 11.5. The molecular weight excluding hydrogens is 360 g/mol. The van der Waals surface area contributed by atoms with Gasteiger partial charge in [-0.1, -0.05) is 0 Å². The van der Waals surface area contributed by atoms with E-state index in [1.807, 2.05) is 25.2 Å². The third-order valence-electron chi connectivity index (χ3n) is 5.36. The minimum atomic E-state index is -0.486. The Labute approximate surface area is 163 Å². The van der Waals surface area contributed by atoms with Crippen LogP contribution in [0.5, 0.6) is 0 Å². The second-order valence-corrected chi connectivity index (χ2v) is 7.27. The summed E-state index contributed by atoms with van der Waals surface area (Å²) in [6, 6.07) is 0. The second kappa shape index (κ2) is 7.31. The van der Waals surface area contributed by atoms with E-state index in [1.54, 1.807) is 6.20 Å². The molecule has 0 amide bonds. The fraction of sp³-hybridized carbons (Fsp3) is 0.526. The molecule has 0 radical (unpaired) electrons. The Bertz CT molecular complexity index is 862. The van der Waals surface area contributed by atoms with E-state index in [-0.39, 0.29) is 11.3 Å². The number of fused-ring (bicyclic) bond motifs is 2. The van der Waals surface area contributed by atoms with Crippen LogP contribution in [0.3, 0.4) is 0 Å². The zero-order valence-corrected chi connectivity index (χ0v) is 16.4. The van der Waals surface area contributed by atoms with Gasteiger partial charge in [-0.2, -0.15) is 0 Å². The standard InChI is InChI=1S/C19H24N6O3/c1-24(2)18-22-10-13-4-9-28-19(16(13)23-18)5-7-25(8-6-19)15-12-20-14(11-21-15)17(26)27-3/h10-12H,4-9H2,1-3H3. The number of esters is 1. The quantitative estimate of drug-likeness (QED) is 0.723. The number of nitrogens with zero attached hydrogens (tertiary/aromatic N) is 6. The van der Waals surface area contributed by atoms with Gasteiger partial charge in [0.1, 0.15) is 11.4 Å². The zero-order valence-electron chi connectivity index (χ0n) is 16.4. The first-order chi connectivity index (χ1) is 13.5. The van der Waals surface area contributed by atoms with Crippen molar-refractivity contribution < 1.29 is 14.3 Å². The summed E-state index contributed by atoms with van der Waals surface area (Å²) in [6.07, 6.45) is 7.47. The SMILES string of the molecule is COC(=O)c1cnc(N2CCC3(CC2)OCCc2cnc(N(C)C)nc23)cn1. The number of carbonyl (C=O) groups is 1. The van der Waals surface area contributed by atoms with Crippen LogP contribution in [-0.2, 0) is 21.5 Å². The normalized spacial score (nSPS) is 17.9. The van der Waals surface area contributed by atoms with Crippen molar-refractivity contribution in [3.05, 3.63) is 35.5 Å². The molecular formula is C19H24N6O3. The van der Waals surface area contributed by atoms with Crippen molar-refractivity contribution in [3.63, 3.8) is 0 Å². The van der Waals surface area contributed by atoms with Crippen molar-refractivity contribution in [2.24, 2.45) is 0 Å². The van der Waals surface area contributed by atoms with Gasteiger partial charge in [-0.05, 0) is 24.8 Å². The molecule has 1 spiro atoms. The van der Waals surface area contributed by atoms with Gasteiger partial charge in [-0.25, -0.2) is 24.7 Å². The Morgan fingerprint density at radius 3 is 2.61 bits per heavy atom. The molecule has 0 bridgehead atoms. The highest BCUT2D eigenvalue weighted by Crippen LogP contribution is 2.41. The molecule has 1 fully saturated rings. The predicted molar refractivity (Wildman–Crippen MR) is 103 cm³/mol. The molecule has 0 aromatic carbocycles. The lowest BCUT2D eigenvalue weighted by molar-refractivity contribution is -0.0801. The van der Waals surface area contributed by atoms with Crippen molar-refractivity contribution >= 4 is 17.7 Å². The van der Waals surface area contributed by atoms with E-state index in [0.29, 0.717) is 12.6 Å². The lowest BCUT2D eigenvalue weighted by Crippen LogP contribution is -2.47. The van der Waals surface area contributed by atoms with Crippen LogP contribution in [0.1, 0.15) is 34.6 Å². The van der Waals surface area contributed by atoms with Gasteiger partial charge in [0.15, 0.2) is 5.69 Å². The van der Waals surface area contributed by atoms with Crippen LogP contribution in [0.25, 0.3) is 0 Å². The number of aromatic nitrogens is 4. The van der Waals surface area contributed by atoms with Gasteiger partial charge in [0, 0.05) is 33.4 Å². The van der Waals surface area contributed by atoms with Crippen molar-refractivity contribution in [3.8, 4) is 0 Å². The Morgan fingerprint density at radius 2 is 1.96 bits per heavy atom. The van der Waals surface area contributed by atoms with Crippen molar-refractivity contribution in [1.82, 2.24) is 19.9 Å². The smallest absolute Gasteiger partial charge is 0.358 e. The lowest BCUT2D eigenvalue weighted by Gasteiger charge is -2.44. The molecule has 2 aliphatic rings. The molecule has 4 rings (SSSR count). The topological polar surface area (TPSA) is 93.6 Å². The van der Waals surface area contributed by atoms with Gasteiger partial charge in [0.05, 0.1) is 31.8 Å². The van der Waals surface area contributed by atoms with E-state index >= 15 is 0 Å². The average molecular weight is 384 g/mol. The summed E-state index contributed by atoms with van der Waals surface area (Å²) in [4.78, 5) is 33.4. The molecule has 9 nitrogen and oxygen atoms in total. The predicted octanol–water partition coefficient (Wildman–Crippen LogP) is 1.19. The number of ether oxygens (including phenoxy) is 2. The highest BCUT2D eigenvalue weighted by Gasteiger charge is 2.43. The third kappa shape index (κ3) is 3.26. The summed E-state index contributed by atoms with van der Waals surface area (Å²) in [5, 5.41) is 0. The summed E-state index contributed by atoms with van der Waals surface area (Å²) in [5.41, 5.74) is 2.02. The molecule has 0 N–H and O–H groups in total. The van der Waals surface area contributed by atoms with E-state index in [2.05, 4.69) is 24.6 Å². The van der Waals surface area contributed by atoms with E-state index in [9.17, 15) is 4.79 Å². The fourth-order valence-electron chi connectivity index (χ4n) is 3.79. The molecule has 2 aliphatic heterocycles. The highest BCUT2D eigenvalue weighted by atomic mass is 16.5. The number of piperidine rings is 1. The summed E-state index contributed by atoms with van der Waals surface area (Å²) < 4.78 is 11.0. The van der Waals surface area contributed by atoms with Crippen LogP contribution in [0.15, 0.2) is 18.6 Å². The summed E-state index contributed by atoms with van der Waals surface area (Å²) in [7, 11) is 5.21. The van der Waals surface area contributed by atoms with Gasteiger partial charge in [-0.3, -0.25) is 0 Å². The van der Waals surface area contributed by atoms with Crippen LogP contribution < -0.4 is 9.80 Å². The van der Waals surface area contributed by atoms with Gasteiger partial charge in [0.25, 0.3) is 0 Å². The first kappa shape index (κ1) is 18.5. The molecule has 2 aromatic heterocycles. The Morgan fingerprint density at radius 1 is 1.18 bits per heavy atom. The first-order valence-corrected chi connectivity index (χ1v) is 9.35. The van der Waals surface area contributed by atoms with Gasteiger partial charge in [-0.15, -0.1) is 0 Å². The van der Waals surface area contributed by atoms with Gasteiger partial charge in [0.2, 0.25) is 5.95 Å². The van der Waals surface area contributed by atoms with Crippen molar-refractivity contribution in [2.45, 2.75) is 24.9 Å². The molecule has 1 saturated heterocycles. The van der Waals surface area contributed by atoms with Crippen molar-refractivity contribution in [1.29, 1.82) is 0 Å². The van der Waals surface area contributed by atoms with Crippen LogP contribution in [0, 0.1) is 0 Å². The number of rotatable bonds is 3. The molecule has 0 atom stereocenters. The minimum Gasteiger partial charge on any atom is -0.464 e. The number of hydrogen-bond acceptors (Lipinski definition) is 9. The first-order valence-electron chi connectivity index (χ1n) is 9.35. The van der Waals surface area contributed by atoms with E-state index in [0.717, 1.165) is 43.9 Å². The maximum absolute atomic E-state index is 11.5. The summed E-state index contributed by atoms with van der Waals surface area (Å²) >= 11 is 0. The molecule has 148 valence electrons. The second-order valence-electron chi connectivity index (χ2n) is 7.27.